The first-order valence-corrected chi connectivity index (χ1v) is 4.89. The van der Waals surface area contributed by atoms with Crippen LogP contribution in [0.3, 0.4) is 0 Å². The van der Waals surface area contributed by atoms with Crippen molar-refractivity contribution in [3.8, 4) is 0 Å². The van der Waals surface area contributed by atoms with Crippen molar-refractivity contribution in [2.24, 2.45) is 0 Å². The van der Waals surface area contributed by atoms with Gasteiger partial charge in [0.25, 0.3) is 0 Å². The Morgan fingerprint density at radius 3 is 2.73 bits per heavy atom. The van der Waals surface area contributed by atoms with E-state index < -0.39 is 0 Å². The fourth-order valence-corrected chi connectivity index (χ4v) is 1.25. The Balaban J connectivity index is 1.68. The van der Waals surface area contributed by atoms with E-state index in [0.717, 1.165) is 18.9 Å². The molecule has 2 aromatic heterocycles. The van der Waals surface area contributed by atoms with Gasteiger partial charge in [-0.15, -0.1) is 0 Å². The van der Waals surface area contributed by atoms with E-state index >= 15 is 0 Å². The number of aromatic nitrogens is 4. The maximum Gasteiger partial charge on any atom is 0.141 e. The smallest absolute Gasteiger partial charge is 0.141 e. The molecule has 0 aliphatic rings. The molecule has 2 aromatic rings. The molecule has 0 atom stereocenters. The Hall–Kier alpha value is -1.75. The molecule has 5 nitrogen and oxygen atoms in total. The predicted octanol–water partition coefficient (Wildman–Crippen LogP) is 0.463. The van der Waals surface area contributed by atoms with E-state index in [1.165, 1.54) is 0 Å². The quantitative estimate of drug-likeness (QED) is 0.717. The van der Waals surface area contributed by atoms with Gasteiger partial charge >= 0.3 is 0 Å². The van der Waals surface area contributed by atoms with Crippen LogP contribution < -0.4 is 5.32 Å². The second-order valence-corrected chi connectivity index (χ2v) is 3.11. The van der Waals surface area contributed by atoms with E-state index in [4.69, 9.17) is 0 Å². The molecule has 15 heavy (non-hydrogen) atoms. The number of nitrogens with one attached hydrogen (secondary N) is 1. The first-order valence-electron chi connectivity index (χ1n) is 4.89. The van der Waals surface area contributed by atoms with Crippen LogP contribution in [-0.2, 0) is 13.1 Å². The van der Waals surface area contributed by atoms with Crippen LogP contribution in [0, 0.1) is 0 Å². The summed E-state index contributed by atoms with van der Waals surface area (Å²) in [5, 5.41) is 7.36. The van der Waals surface area contributed by atoms with E-state index in [2.05, 4.69) is 20.4 Å². The number of nitrogens with zero attached hydrogens (tertiary/aromatic N) is 4. The highest BCUT2D eigenvalue weighted by atomic mass is 15.3. The van der Waals surface area contributed by atoms with E-state index in [1.54, 1.807) is 18.6 Å². The average molecular weight is 203 g/mol. The molecule has 0 saturated carbocycles. The van der Waals surface area contributed by atoms with Gasteiger partial charge in [-0.1, -0.05) is 0 Å². The summed E-state index contributed by atoms with van der Waals surface area (Å²) in [7, 11) is 0. The van der Waals surface area contributed by atoms with Crippen molar-refractivity contribution < 1.29 is 0 Å². The zero-order chi connectivity index (χ0) is 10.3. The normalized spacial score (nSPS) is 10.4. The van der Waals surface area contributed by atoms with Crippen molar-refractivity contribution >= 4 is 0 Å². The lowest BCUT2D eigenvalue weighted by molar-refractivity contribution is 0.547. The first-order chi connectivity index (χ1) is 7.45. The van der Waals surface area contributed by atoms with Crippen molar-refractivity contribution in [1.29, 1.82) is 0 Å². The summed E-state index contributed by atoms with van der Waals surface area (Å²) in [5.41, 5.74) is 0. The van der Waals surface area contributed by atoms with Crippen LogP contribution in [0.4, 0.5) is 0 Å². The summed E-state index contributed by atoms with van der Waals surface area (Å²) in [6.45, 7) is 2.42. The zero-order valence-corrected chi connectivity index (χ0v) is 8.37. The summed E-state index contributed by atoms with van der Waals surface area (Å²) < 4.78 is 1.89. The van der Waals surface area contributed by atoms with Crippen molar-refractivity contribution in [2.75, 3.05) is 6.54 Å². The van der Waals surface area contributed by atoms with Gasteiger partial charge in [0.15, 0.2) is 0 Å². The summed E-state index contributed by atoms with van der Waals surface area (Å²) >= 11 is 0. The molecule has 0 aliphatic heterocycles. The van der Waals surface area contributed by atoms with Crippen molar-refractivity contribution in [3.05, 3.63) is 42.7 Å². The molecule has 0 bridgehead atoms. The second-order valence-electron chi connectivity index (χ2n) is 3.11. The van der Waals surface area contributed by atoms with Crippen LogP contribution in [0.15, 0.2) is 36.9 Å². The van der Waals surface area contributed by atoms with E-state index in [9.17, 15) is 0 Å². The third-order valence-corrected chi connectivity index (χ3v) is 1.98. The molecule has 1 N–H and O–H groups in total. The van der Waals surface area contributed by atoms with E-state index in [1.807, 2.05) is 23.0 Å². The summed E-state index contributed by atoms with van der Waals surface area (Å²) in [4.78, 5) is 8.23. The van der Waals surface area contributed by atoms with Crippen LogP contribution in [0.2, 0.25) is 0 Å². The number of rotatable bonds is 5. The van der Waals surface area contributed by atoms with Crippen LogP contribution in [0.25, 0.3) is 0 Å². The summed E-state index contributed by atoms with van der Waals surface area (Å²) in [6, 6.07) is 3.73. The Morgan fingerprint density at radius 1 is 1.13 bits per heavy atom. The molecular formula is C10H13N5. The highest BCUT2D eigenvalue weighted by Crippen LogP contribution is 1.87. The van der Waals surface area contributed by atoms with Gasteiger partial charge in [0.05, 0.1) is 13.1 Å². The lowest BCUT2D eigenvalue weighted by Crippen LogP contribution is -2.20. The average Bonchev–Trinajstić information content (AvgIpc) is 2.79. The molecular weight excluding hydrogens is 190 g/mol. The molecule has 78 valence electrons. The van der Waals surface area contributed by atoms with Crippen LogP contribution in [0.5, 0.6) is 0 Å². The standard InChI is InChI=1S/C10H13N5/c1-3-12-10(13-4-1)9-11-6-8-15-7-2-5-14-15/h1-5,7,11H,6,8-9H2. The largest absolute Gasteiger partial charge is 0.308 e. The molecule has 0 spiro atoms. The minimum absolute atomic E-state index is 0.697. The Labute approximate surface area is 88.2 Å². The highest BCUT2D eigenvalue weighted by Gasteiger charge is 1.94. The lowest BCUT2D eigenvalue weighted by atomic mass is 10.5. The zero-order valence-electron chi connectivity index (χ0n) is 8.37. The van der Waals surface area contributed by atoms with Gasteiger partial charge < -0.3 is 5.32 Å². The molecule has 2 heterocycles. The lowest BCUT2D eigenvalue weighted by Gasteiger charge is -2.03. The fourth-order valence-electron chi connectivity index (χ4n) is 1.25. The van der Waals surface area contributed by atoms with Crippen molar-refractivity contribution in [2.45, 2.75) is 13.1 Å². The maximum absolute atomic E-state index is 4.12. The van der Waals surface area contributed by atoms with Crippen molar-refractivity contribution in [3.63, 3.8) is 0 Å². The van der Waals surface area contributed by atoms with E-state index in [-0.39, 0.29) is 0 Å². The summed E-state index contributed by atoms with van der Waals surface area (Å²) in [6.07, 6.45) is 7.22. The molecule has 0 saturated heterocycles. The SMILES string of the molecule is c1cnc(CNCCn2cccn2)nc1. The molecule has 0 fully saturated rings. The van der Waals surface area contributed by atoms with Crippen LogP contribution >= 0.6 is 0 Å². The van der Waals surface area contributed by atoms with Crippen molar-refractivity contribution in [1.82, 2.24) is 25.1 Å². The first kappa shape index (κ1) is 9.79. The van der Waals surface area contributed by atoms with Gasteiger partial charge in [0, 0.05) is 31.3 Å². The predicted molar refractivity (Wildman–Crippen MR) is 56.0 cm³/mol. The minimum Gasteiger partial charge on any atom is -0.308 e. The molecule has 0 unspecified atom stereocenters. The molecule has 0 aliphatic carbocycles. The Kier molecular flexibility index (Phi) is 3.40. The molecule has 0 aromatic carbocycles. The van der Waals surface area contributed by atoms with Crippen LogP contribution in [0.1, 0.15) is 5.82 Å². The third kappa shape index (κ3) is 3.14. The Bertz CT molecular complexity index is 370. The molecule has 0 amide bonds. The maximum atomic E-state index is 4.12. The fraction of sp³-hybridized carbons (Fsp3) is 0.300. The number of hydrogen-bond acceptors (Lipinski definition) is 4. The highest BCUT2D eigenvalue weighted by molar-refractivity contribution is 4.87. The third-order valence-electron chi connectivity index (χ3n) is 1.98. The van der Waals surface area contributed by atoms with Gasteiger partial charge in [-0.25, -0.2) is 9.97 Å². The van der Waals surface area contributed by atoms with Gasteiger partial charge in [0.1, 0.15) is 5.82 Å². The van der Waals surface area contributed by atoms with Gasteiger partial charge in [-0.2, -0.15) is 5.10 Å². The molecule has 0 radical (unpaired) electrons. The van der Waals surface area contributed by atoms with Gasteiger partial charge in [-0.05, 0) is 12.1 Å². The molecule has 5 heteroatoms. The Morgan fingerprint density at radius 2 is 2.00 bits per heavy atom. The summed E-state index contributed by atoms with van der Waals surface area (Å²) in [5.74, 6) is 0.818. The monoisotopic (exact) mass is 203 g/mol. The van der Waals surface area contributed by atoms with Gasteiger partial charge in [0.2, 0.25) is 0 Å². The second kappa shape index (κ2) is 5.21. The number of hydrogen-bond donors (Lipinski definition) is 1. The minimum atomic E-state index is 0.697. The van der Waals surface area contributed by atoms with E-state index in [0.29, 0.717) is 6.54 Å². The van der Waals surface area contributed by atoms with Gasteiger partial charge in [-0.3, -0.25) is 4.68 Å². The molecule has 2 rings (SSSR count). The topological polar surface area (TPSA) is 55.6 Å². The van der Waals surface area contributed by atoms with Crippen LogP contribution in [-0.4, -0.2) is 26.3 Å².